The Labute approximate surface area is 204 Å². The van der Waals surface area contributed by atoms with Crippen molar-refractivity contribution in [1.29, 1.82) is 0 Å². The molecule has 1 aliphatic heterocycles. The van der Waals surface area contributed by atoms with Gasteiger partial charge in [0.15, 0.2) is 0 Å². The predicted molar refractivity (Wildman–Crippen MR) is 137 cm³/mol. The molecule has 3 amide bonds. The zero-order valence-electron chi connectivity index (χ0n) is 19.8. The molecule has 0 radical (unpaired) electrons. The highest BCUT2D eigenvalue weighted by molar-refractivity contribution is 5.99. The van der Waals surface area contributed by atoms with Crippen LogP contribution in [0.1, 0.15) is 16.8 Å². The highest BCUT2D eigenvalue weighted by Crippen LogP contribution is 2.19. The molecule has 0 saturated carbocycles. The minimum atomic E-state index is -0.278. The Kier molecular flexibility index (Phi) is 7.95. The molecule has 3 aromatic rings. The number of nitrogens with zero attached hydrogens (tertiary/aromatic N) is 2. The Morgan fingerprint density at radius 1 is 0.943 bits per heavy atom. The van der Waals surface area contributed by atoms with Gasteiger partial charge in [-0.1, -0.05) is 30.3 Å². The monoisotopic (exact) mass is 474 g/mol. The van der Waals surface area contributed by atoms with Gasteiger partial charge in [0.05, 0.1) is 19.8 Å². The molecule has 8 nitrogen and oxygen atoms in total. The summed E-state index contributed by atoms with van der Waals surface area (Å²) in [7, 11) is 1.58. The van der Waals surface area contributed by atoms with E-state index in [9.17, 15) is 14.4 Å². The van der Waals surface area contributed by atoms with Gasteiger partial charge in [-0.15, -0.1) is 0 Å². The Morgan fingerprint density at radius 2 is 1.66 bits per heavy atom. The number of amides is 3. The lowest BCUT2D eigenvalue weighted by Crippen LogP contribution is -2.37. The van der Waals surface area contributed by atoms with Crippen LogP contribution in [0.5, 0.6) is 0 Å². The molecule has 0 aromatic heterocycles. The summed E-state index contributed by atoms with van der Waals surface area (Å²) in [5, 5.41) is 7.64. The number of carbonyl (C=O) groups is 3. The molecule has 0 atom stereocenters. The van der Waals surface area contributed by atoms with Crippen LogP contribution < -0.4 is 15.5 Å². The molecule has 0 bridgehead atoms. The Morgan fingerprint density at radius 3 is 2.40 bits per heavy atom. The third-order valence-electron chi connectivity index (χ3n) is 5.97. The van der Waals surface area contributed by atoms with Gasteiger partial charge in [0.25, 0.3) is 5.91 Å². The van der Waals surface area contributed by atoms with Crippen LogP contribution in [-0.2, 0) is 14.3 Å². The standard InChI is InChI=1S/C27H30N4O4/c1-30(19-25(32)29-23-8-10-24(11-9-23)31-14-16-35-17-15-31)26(33)12-13-28-27(34)22-7-6-20-4-2-3-5-21(20)18-22/h2-11,18H,12-17,19H2,1H3,(H,28,34)(H,29,32). The molecule has 2 N–H and O–H groups in total. The van der Waals surface area contributed by atoms with Crippen molar-refractivity contribution in [3.63, 3.8) is 0 Å². The van der Waals surface area contributed by atoms with E-state index in [0.29, 0.717) is 24.5 Å². The van der Waals surface area contributed by atoms with Gasteiger partial charge in [-0.3, -0.25) is 14.4 Å². The number of carbonyl (C=O) groups excluding carboxylic acids is 3. The van der Waals surface area contributed by atoms with Crippen LogP contribution in [0.4, 0.5) is 11.4 Å². The van der Waals surface area contributed by atoms with Gasteiger partial charge >= 0.3 is 0 Å². The maximum absolute atomic E-state index is 12.4. The van der Waals surface area contributed by atoms with Gasteiger partial charge in [-0.2, -0.15) is 0 Å². The fourth-order valence-electron chi connectivity index (χ4n) is 3.99. The molecule has 0 aliphatic carbocycles. The van der Waals surface area contributed by atoms with E-state index in [1.165, 1.54) is 4.90 Å². The summed E-state index contributed by atoms with van der Waals surface area (Å²) in [4.78, 5) is 40.8. The first-order valence-corrected chi connectivity index (χ1v) is 11.7. The zero-order chi connectivity index (χ0) is 24.6. The van der Waals surface area contributed by atoms with Crippen molar-refractivity contribution in [2.24, 2.45) is 0 Å². The summed E-state index contributed by atoms with van der Waals surface area (Å²) in [6.07, 6.45) is 0.108. The lowest BCUT2D eigenvalue weighted by molar-refractivity contribution is -0.133. The highest BCUT2D eigenvalue weighted by atomic mass is 16.5. The second kappa shape index (κ2) is 11.5. The quantitative estimate of drug-likeness (QED) is 0.524. The van der Waals surface area contributed by atoms with Crippen molar-refractivity contribution >= 4 is 39.9 Å². The summed E-state index contributed by atoms with van der Waals surface area (Å²) in [6.45, 7) is 3.25. The lowest BCUT2D eigenvalue weighted by atomic mass is 10.1. The van der Waals surface area contributed by atoms with Crippen molar-refractivity contribution in [1.82, 2.24) is 10.2 Å². The molecule has 3 aromatic carbocycles. The molecule has 4 rings (SSSR count). The number of ether oxygens (including phenoxy) is 1. The molecule has 182 valence electrons. The number of fused-ring (bicyclic) bond motifs is 1. The smallest absolute Gasteiger partial charge is 0.251 e. The largest absolute Gasteiger partial charge is 0.378 e. The van der Waals surface area contributed by atoms with Crippen molar-refractivity contribution in [3.05, 3.63) is 72.3 Å². The topological polar surface area (TPSA) is 91.0 Å². The van der Waals surface area contributed by atoms with E-state index in [-0.39, 0.29) is 37.2 Å². The minimum Gasteiger partial charge on any atom is -0.378 e. The maximum atomic E-state index is 12.4. The van der Waals surface area contributed by atoms with E-state index in [1.54, 1.807) is 13.1 Å². The van der Waals surface area contributed by atoms with Gasteiger partial charge in [-0.25, -0.2) is 0 Å². The molecular formula is C27H30N4O4. The van der Waals surface area contributed by atoms with E-state index in [1.807, 2.05) is 60.7 Å². The fraction of sp³-hybridized carbons (Fsp3) is 0.296. The molecule has 8 heteroatoms. The van der Waals surface area contributed by atoms with E-state index in [2.05, 4.69) is 15.5 Å². The summed E-state index contributed by atoms with van der Waals surface area (Å²) >= 11 is 0. The van der Waals surface area contributed by atoms with Crippen LogP contribution in [0, 0.1) is 0 Å². The van der Waals surface area contributed by atoms with E-state index >= 15 is 0 Å². The van der Waals surface area contributed by atoms with Crippen molar-refractivity contribution in [2.75, 3.05) is 56.7 Å². The summed E-state index contributed by atoms with van der Waals surface area (Å²) in [6, 6.07) is 21.0. The first kappa shape index (κ1) is 24.2. The average Bonchev–Trinajstić information content (AvgIpc) is 2.89. The number of likely N-dealkylation sites (N-methyl/N-ethyl adjacent to an activating group) is 1. The van der Waals surface area contributed by atoms with Crippen LogP contribution in [0.15, 0.2) is 66.7 Å². The summed E-state index contributed by atoms with van der Waals surface area (Å²) in [5.41, 5.74) is 2.31. The second-order valence-electron chi connectivity index (χ2n) is 8.51. The van der Waals surface area contributed by atoms with Gasteiger partial charge in [0.1, 0.15) is 0 Å². The minimum absolute atomic E-state index is 0.0668. The Balaban J connectivity index is 1.19. The summed E-state index contributed by atoms with van der Waals surface area (Å²) in [5.74, 6) is -0.730. The van der Waals surface area contributed by atoms with Crippen molar-refractivity contribution < 1.29 is 19.1 Å². The fourth-order valence-corrected chi connectivity index (χ4v) is 3.99. The van der Waals surface area contributed by atoms with Gasteiger partial charge < -0.3 is 25.2 Å². The third kappa shape index (κ3) is 6.58. The van der Waals surface area contributed by atoms with Crippen LogP contribution in [0.3, 0.4) is 0 Å². The lowest BCUT2D eigenvalue weighted by Gasteiger charge is -2.28. The average molecular weight is 475 g/mol. The number of benzene rings is 3. The number of rotatable bonds is 8. The number of nitrogens with one attached hydrogen (secondary N) is 2. The maximum Gasteiger partial charge on any atom is 0.251 e. The first-order valence-electron chi connectivity index (χ1n) is 11.7. The van der Waals surface area contributed by atoms with Gasteiger partial charge in [0, 0.05) is 50.0 Å². The van der Waals surface area contributed by atoms with E-state index in [4.69, 9.17) is 4.74 Å². The van der Waals surface area contributed by atoms with Crippen molar-refractivity contribution in [2.45, 2.75) is 6.42 Å². The van der Waals surface area contributed by atoms with Crippen molar-refractivity contribution in [3.8, 4) is 0 Å². The number of morpholine rings is 1. The molecule has 1 saturated heterocycles. The summed E-state index contributed by atoms with van der Waals surface area (Å²) < 4.78 is 5.37. The Bertz CT molecular complexity index is 1190. The zero-order valence-corrected chi connectivity index (χ0v) is 19.8. The normalized spacial score (nSPS) is 13.3. The molecule has 1 aliphatic rings. The molecule has 1 fully saturated rings. The molecule has 0 spiro atoms. The second-order valence-corrected chi connectivity index (χ2v) is 8.51. The van der Waals surface area contributed by atoms with Gasteiger partial charge in [-0.05, 0) is 47.2 Å². The molecule has 35 heavy (non-hydrogen) atoms. The Hall–Kier alpha value is -3.91. The van der Waals surface area contributed by atoms with E-state index < -0.39 is 0 Å². The third-order valence-corrected chi connectivity index (χ3v) is 5.97. The molecule has 1 heterocycles. The first-order chi connectivity index (χ1) is 17.0. The number of hydrogen-bond donors (Lipinski definition) is 2. The molecule has 0 unspecified atom stereocenters. The predicted octanol–water partition coefficient (Wildman–Crippen LogP) is 2.89. The van der Waals surface area contributed by atoms with Crippen LogP contribution in [-0.4, -0.2) is 69.1 Å². The number of anilines is 2. The highest BCUT2D eigenvalue weighted by Gasteiger charge is 2.15. The van der Waals surface area contributed by atoms with Crippen LogP contribution in [0.25, 0.3) is 10.8 Å². The number of hydrogen-bond acceptors (Lipinski definition) is 5. The van der Waals surface area contributed by atoms with Crippen LogP contribution in [0.2, 0.25) is 0 Å². The molecular weight excluding hydrogens is 444 g/mol. The van der Waals surface area contributed by atoms with E-state index in [0.717, 1.165) is 29.5 Å². The van der Waals surface area contributed by atoms with Crippen LogP contribution >= 0.6 is 0 Å². The SMILES string of the molecule is CN(CC(=O)Nc1ccc(N2CCOCC2)cc1)C(=O)CCNC(=O)c1ccc2ccccc2c1. The van der Waals surface area contributed by atoms with Gasteiger partial charge in [0.2, 0.25) is 11.8 Å².